The summed E-state index contributed by atoms with van der Waals surface area (Å²) in [6.07, 6.45) is 3.44. The van der Waals surface area contributed by atoms with Gasteiger partial charge in [0.25, 0.3) is 0 Å². The van der Waals surface area contributed by atoms with Gasteiger partial charge in [0.1, 0.15) is 0 Å². The standard InChI is InChI=1S/C15H23N/c1-5-14(11-16-6-2)10-15-9-12(3)7-8-13(15)4/h7-10,16H,5-6,11H2,1-4H3. The first-order valence-corrected chi connectivity index (χ1v) is 6.14. The van der Waals surface area contributed by atoms with E-state index in [1.165, 1.54) is 22.3 Å². The summed E-state index contributed by atoms with van der Waals surface area (Å²) in [5.41, 5.74) is 5.51. The zero-order chi connectivity index (χ0) is 12.0. The number of likely N-dealkylation sites (N-methyl/N-ethyl adjacent to an activating group) is 1. The number of nitrogens with one attached hydrogen (secondary N) is 1. The van der Waals surface area contributed by atoms with Crippen LogP contribution < -0.4 is 5.32 Å². The first-order valence-electron chi connectivity index (χ1n) is 6.14. The van der Waals surface area contributed by atoms with E-state index in [2.05, 4.69) is 57.3 Å². The highest BCUT2D eigenvalue weighted by Gasteiger charge is 1.98. The highest BCUT2D eigenvalue weighted by molar-refractivity contribution is 5.57. The van der Waals surface area contributed by atoms with Crippen molar-refractivity contribution in [3.05, 3.63) is 40.5 Å². The lowest BCUT2D eigenvalue weighted by Gasteiger charge is -2.08. The van der Waals surface area contributed by atoms with Crippen LogP contribution in [0.4, 0.5) is 0 Å². The maximum Gasteiger partial charge on any atom is 0.0167 e. The first kappa shape index (κ1) is 13.0. The molecule has 88 valence electrons. The molecule has 0 aliphatic heterocycles. The lowest BCUT2D eigenvalue weighted by atomic mass is 10.0. The largest absolute Gasteiger partial charge is 0.313 e. The smallest absolute Gasteiger partial charge is 0.0167 e. The van der Waals surface area contributed by atoms with E-state index in [4.69, 9.17) is 0 Å². The number of rotatable bonds is 5. The summed E-state index contributed by atoms with van der Waals surface area (Å²) >= 11 is 0. The van der Waals surface area contributed by atoms with Gasteiger partial charge in [-0.05, 0) is 37.9 Å². The highest BCUT2D eigenvalue weighted by Crippen LogP contribution is 2.15. The van der Waals surface area contributed by atoms with Crippen molar-refractivity contribution in [2.45, 2.75) is 34.1 Å². The average molecular weight is 217 g/mol. The third-order valence-electron chi connectivity index (χ3n) is 2.85. The third-order valence-corrected chi connectivity index (χ3v) is 2.85. The van der Waals surface area contributed by atoms with Crippen LogP contribution in [0.2, 0.25) is 0 Å². The minimum Gasteiger partial charge on any atom is -0.313 e. The van der Waals surface area contributed by atoms with Gasteiger partial charge in [0.2, 0.25) is 0 Å². The number of hydrogen-bond acceptors (Lipinski definition) is 1. The predicted octanol–water partition coefficient (Wildman–Crippen LogP) is 3.71. The average Bonchev–Trinajstić information content (AvgIpc) is 2.28. The molecule has 0 unspecified atom stereocenters. The fourth-order valence-corrected chi connectivity index (χ4v) is 1.70. The van der Waals surface area contributed by atoms with Crippen LogP contribution in [0.15, 0.2) is 23.8 Å². The van der Waals surface area contributed by atoms with Crippen molar-refractivity contribution in [2.24, 2.45) is 0 Å². The molecule has 0 saturated carbocycles. The van der Waals surface area contributed by atoms with Gasteiger partial charge in [0, 0.05) is 6.54 Å². The summed E-state index contributed by atoms with van der Waals surface area (Å²) in [5, 5.41) is 3.39. The zero-order valence-corrected chi connectivity index (χ0v) is 10.9. The van der Waals surface area contributed by atoms with Crippen LogP contribution in [-0.4, -0.2) is 13.1 Å². The summed E-state index contributed by atoms with van der Waals surface area (Å²) in [6, 6.07) is 6.63. The molecule has 1 heteroatoms. The van der Waals surface area contributed by atoms with Crippen molar-refractivity contribution < 1.29 is 0 Å². The van der Waals surface area contributed by atoms with Crippen molar-refractivity contribution in [3.63, 3.8) is 0 Å². The van der Waals surface area contributed by atoms with Crippen LogP contribution in [0.3, 0.4) is 0 Å². The van der Waals surface area contributed by atoms with Crippen LogP contribution in [-0.2, 0) is 0 Å². The summed E-state index contributed by atoms with van der Waals surface area (Å²) in [5.74, 6) is 0. The molecule has 1 rings (SSSR count). The summed E-state index contributed by atoms with van der Waals surface area (Å²) in [4.78, 5) is 0. The number of aryl methyl sites for hydroxylation is 2. The first-order chi connectivity index (χ1) is 7.67. The van der Waals surface area contributed by atoms with E-state index in [1.807, 2.05) is 0 Å². The van der Waals surface area contributed by atoms with Crippen molar-refractivity contribution >= 4 is 6.08 Å². The van der Waals surface area contributed by atoms with Crippen LogP contribution in [0.1, 0.15) is 37.0 Å². The van der Waals surface area contributed by atoms with Crippen molar-refractivity contribution in [1.82, 2.24) is 5.32 Å². The Morgan fingerprint density at radius 2 is 2.00 bits per heavy atom. The lowest BCUT2D eigenvalue weighted by Crippen LogP contribution is -2.15. The normalized spacial score (nSPS) is 11.9. The molecule has 0 saturated heterocycles. The topological polar surface area (TPSA) is 12.0 Å². The molecular weight excluding hydrogens is 194 g/mol. The molecule has 16 heavy (non-hydrogen) atoms. The van der Waals surface area contributed by atoms with Gasteiger partial charge in [0.15, 0.2) is 0 Å². The van der Waals surface area contributed by atoms with Gasteiger partial charge in [-0.3, -0.25) is 0 Å². The minimum atomic E-state index is 1.00. The van der Waals surface area contributed by atoms with Gasteiger partial charge < -0.3 is 5.32 Å². The van der Waals surface area contributed by atoms with E-state index in [1.54, 1.807) is 0 Å². The minimum absolute atomic E-state index is 1.00. The Kier molecular flexibility index (Phi) is 5.27. The predicted molar refractivity (Wildman–Crippen MR) is 72.7 cm³/mol. The second kappa shape index (κ2) is 6.49. The van der Waals surface area contributed by atoms with E-state index in [9.17, 15) is 0 Å². The second-order valence-corrected chi connectivity index (χ2v) is 4.30. The van der Waals surface area contributed by atoms with Crippen molar-refractivity contribution in [1.29, 1.82) is 0 Å². The SMILES string of the molecule is CCNCC(=Cc1cc(C)ccc1C)CC. The van der Waals surface area contributed by atoms with E-state index < -0.39 is 0 Å². The molecule has 1 aromatic carbocycles. The quantitative estimate of drug-likeness (QED) is 0.793. The Labute approximate surface area is 99.6 Å². The molecular formula is C15H23N. The molecule has 0 aliphatic carbocycles. The lowest BCUT2D eigenvalue weighted by molar-refractivity contribution is 0.762. The Morgan fingerprint density at radius 3 is 2.62 bits per heavy atom. The van der Waals surface area contributed by atoms with Crippen LogP contribution in [0.5, 0.6) is 0 Å². The maximum atomic E-state index is 3.39. The third kappa shape index (κ3) is 3.82. The molecule has 0 bridgehead atoms. The Morgan fingerprint density at radius 1 is 1.25 bits per heavy atom. The van der Waals surface area contributed by atoms with Gasteiger partial charge in [-0.2, -0.15) is 0 Å². The Balaban J connectivity index is 2.89. The summed E-state index contributed by atoms with van der Waals surface area (Å²) in [7, 11) is 0. The van der Waals surface area contributed by atoms with Crippen LogP contribution in [0, 0.1) is 13.8 Å². The van der Waals surface area contributed by atoms with E-state index >= 15 is 0 Å². The maximum absolute atomic E-state index is 3.39. The van der Waals surface area contributed by atoms with Gasteiger partial charge in [-0.1, -0.05) is 49.3 Å². The Hall–Kier alpha value is -1.08. The van der Waals surface area contributed by atoms with Gasteiger partial charge >= 0.3 is 0 Å². The molecule has 0 aromatic heterocycles. The summed E-state index contributed by atoms with van der Waals surface area (Å²) in [6.45, 7) is 10.7. The van der Waals surface area contributed by atoms with Crippen LogP contribution in [0.25, 0.3) is 6.08 Å². The molecule has 0 aliphatic rings. The zero-order valence-electron chi connectivity index (χ0n) is 10.9. The molecule has 1 nitrogen and oxygen atoms in total. The summed E-state index contributed by atoms with van der Waals surface area (Å²) < 4.78 is 0. The second-order valence-electron chi connectivity index (χ2n) is 4.30. The molecule has 0 fully saturated rings. The van der Waals surface area contributed by atoms with Crippen molar-refractivity contribution in [2.75, 3.05) is 13.1 Å². The molecule has 0 atom stereocenters. The monoisotopic (exact) mass is 217 g/mol. The highest BCUT2D eigenvalue weighted by atomic mass is 14.8. The van der Waals surface area contributed by atoms with Crippen LogP contribution >= 0.6 is 0 Å². The molecule has 1 N–H and O–H groups in total. The van der Waals surface area contributed by atoms with E-state index in [-0.39, 0.29) is 0 Å². The fraction of sp³-hybridized carbons (Fsp3) is 0.467. The Bertz CT molecular complexity index is 364. The fourth-order valence-electron chi connectivity index (χ4n) is 1.70. The van der Waals surface area contributed by atoms with Gasteiger partial charge in [-0.15, -0.1) is 0 Å². The van der Waals surface area contributed by atoms with Crippen molar-refractivity contribution in [3.8, 4) is 0 Å². The number of benzene rings is 1. The number of hydrogen-bond donors (Lipinski definition) is 1. The molecule has 0 radical (unpaired) electrons. The molecule has 0 spiro atoms. The van der Waals surface area contributed by atoms with Gasteiger partial charge in [-0.25, -0.2) is 0 Å². The van der Waals surface area contributed by atoms with E-state index in [0.29, 0.717) is 0 Å². The van der Waals surface area contributed by atoms with E-state index in [0.717, 1.165) is 19.5 Å². The van der Waals surface area contributed by atoms with Gasteiger partial charge in [0.05, 0.1) is 0 Å². The molecule has 1 aromatic rings. The molecule has 0 heterocycles. The molecule has 0 amide bonds.